The van der Waals surface area contributed by atoms with Crippen LogP contribution in [0, 0.1) is 6.92 Å². The first-order valence-corrected chi connectivity index (χ1v) is 4.35. The van der Waals surface area contributed by atoms with E-state index in [9.17, 15) is 9.90 Å². The predicted octanol–water partition coefficient (Wildman–Crippen LogP) is -3.06. The van der Waals surface area contributed by atoms with E-state index in [0.29, 0.717) is 5.82 Å². The van der Waals surface area contributed by atoms with Gasteiger partial charge >= 0.3 is 18.9 Å². The molecule has 0 N–H and O–H groups in total. The molecule has 2 aromatic heterocycles. The van der Waals surface area contributed by atoms with Gasteiger partial charge in [0.1, 0.15) is 12.1 Å². The first-order valence-electron chi connectivity index (χ1n) is 4.35. The van der Waals surface area contributed by atoms with Crippen molar-refractivity contribution < 1.29 is 28.8 Å². The van der Waals surface area contributed by atoms with Gasteiger partial charge < -0.3 is 9.90 Å². The van der Waals surface area contributed by atoms with Gasteiger partial charge in [-0.1, -0.05) is 0 Å². The molecule has 0 unspecified atom stereocenters. The monoisotopic (exact) mass is 209 g/mol. The molecular formula is C10H8LiN3O2. The van der Waals surface area contributed by atoms with Crippen molar-refractivity contribution >= 4 is 5.97 Å². The van der Waals surface area contributed by atoms with Crippen LogP contribution in [0.25, 0.3) is 5.82 Å². The number of imidazole rings is 1. The maximum absolute atomic E-state index is 10.7. The molecule has 0 amide bonds. The molecule has 16 heavy (non-hydrogen) atoms. The normalized spacial score (nSPS) is 9.56. The summed E-state index contributed by atoms with van der Waals surface area (Å²) in [5.74, 6) is -0.758. The Kier molecular flexibility index (Phi) is 3.88. The van der Waals surface area contributed by atoms with Crippen LogP contribution >= 0.6 is 0 Å². The second kappa shape index (κ2) is 4.97. The van der Waals surface area contributed by atoms with Gasteiger partial charge in [-0.05, 0) is 24.6 Å². The molecular weight excluding hydrogens is 201 g/mol. The van der Waals surface area contributed by atoms with Gasteiger partial charge in [0.15, 0.2) is 0 Å². The van der Waals surface area contributed by atoms with Crippen molar-refractivity contribution in [2.24, 2.45) is 0 Å². The van der Waals surface area contributed by atoms with E-state index in [0.717, 1.165) is 5.56 Å². The maximum atomic E-state index is 10.7. The first kappa shape index (κ1) is 12.5. The fourth-order valence-corrected chi connectivity index (χ4v) is 1.28. The minimum absolute atomic E-state index is 0. The van der Waals surface area contributed by atoms with E-state index in [1.807, 2.05) is 0 Å². The summed E-state index contributed by atoms with van der Waals surface area (Å²) in [6.45, 7) is 1.80. The molecule has 0 aliphatic heterocycles. The number of carboxylic acids is 1. The molecule has 6 heteroatoms. The standard InChI is InChI=1S/C10H9N3O2.Li/c1-7-4-8(10(14)15)12-9(5-7)13-3-2-11-6-13;/h2-6H,1H3,(H,14,15);/q;+1/p-1. The van der Waals surface area contributed by atoms with Crippen molar-refractivity contribution in [3.63, 3.8) is 0 Å². The van der Waals surface area contributed by atoms with Gasteiger partial charge in [0, 0.05) is 12.4 Å². The van der Waals surface area contributed by atoms with Gasteiger partial charge in [0.2, 0.25) is 0 Å². The van der Waals surface area contributed by atoms with E-state index in [1.54, 1.807) is 36.3 Å². The zero-order valence-corrected chi connectivity index (χ0v) is 9.04. The molecule has 2 rings (SSSR count). The van der Waals surface area contributed by atoms with Crippen molar-refractivity contribution in [3.8, 4) is 5.82 Å². The Balaban J connectivity index is 0.00000128. The molecule has 0 radical (unpaired) electrons. The van der Waals surface area contributed by atoms with Crippen LogP contribution in [0.2, 0.25) is 0 Å². The maximum Gasteiger partial charge on any atom is 1.00 e. The summed E-state index contributed by atoms with van der Waals surface area (Å²) in [6, 6.07) is 3.24. The number of pyridine rings is 1. The van der Waals surface area contributed by atoms with E-state index in [2.05, 4.69) is 9.97 Å². The number of aromatic carboxylic acids is 1. The molecule has 0 aliphatic rings. The summed E-state index contributed by atoms with van der Waals surface area (Å²) in [5.41, 5.74) is 0.742. The average Bonchev–Trinajstić information content (AvgIpc) is 2.69. The van der Waals surface area contributed by atoms with Crippen LogP contribution in [0.1, 0.15) is 16.1 Å². The average molecular weight is 209 g/mol. The van der Waals surface area contributed by atoms with Gasteiger partial charge in [-0.25, -0.2) is 9.97 Å². The van der Waals surface area contributed by atoms with E-state index in [4.69, 9.17) is 0 Å². The number of carboxylic acid groups (broad SMARTS) is 1. The molecule has 0 fully saturated rings. The van der Waals surface area contributed by atoms with Crippen LogP contribution in [0.5, 0.6) is 0 Å². The smallest absolute Gasteiger partial charge is 0.543 e. The van der Waals surface area contributed by atoms with Gasteiger partial charge in [0.25, 0.3) is 0 Å². The molecule has 0 atom stereocenters. The molecule has 76 valence electrons. The number of hydrogen-bond acceptors (Lipinski definition) is 4. The third-order valence-electron chi connectivity index (χ3n) is 1.93. The second-order valence-electron chi connectivity index (χ2n) is 3.15. The van der Waals surface area contributed by atoms with Crippen LogP contribution in [0.15, 0.2) is 30.9 Å². The molecule has 2 aromatic rings. The zero-order chi connectivity index (χ0) is 10.8. The summed E-state index contributed by atoms with van der Waals surface area (Å²) in [5, 5.41) is 10.7. The van der Waals surface area contributed by atoms with E-state index in [1.165, 1.54) is 6.07 Å². The number of nitrogens with zero attached hydrogens (tertiary/aromatic N) is 3. The molecule has 0 aliphatic carbocycles. The largest absolute Gasteiger partial charge is 1.00 e. The van der Waals surface area contributed by atoms with Gasteiger partial charge in [-0.2, -0.15) is 0 Å². The van der Waals surface area contributed by atoms with Gasteiger partial charge in [-0.15, -0.1) is 0 Å². The van der Waals surface area contributed by atoms with Crippen molar-refractivity contribution in [1.82, 2.24) is 14.5 Å². The molecule has 2 heterocycles. The molecule has 0 aromatic carbocycles. The van der Waals surface area contributed by atoms with Crippen LogP contribution in [0.3, 0.4) is 0 Å². The number of rotatable bonds is 2. The molecule has 5 nitrogen and oxygen atoms in total. The SMILES string of the molecule is Cc1cc(C(=O)[O-])nc(-n2ccnc2)c1.[Li+]. The van der Waals surface area contributed by atoms with Crippen molar-refractivity contribution in [1.29, 1.82) is 0 Å². The summed E-state index contributed by atoms with van der Waals surface area (Å²) < 4.78 is 1.64. The van der Waals surface area contributed by atoms with E-state index >= 15 is 0 Å². The van der Waals surface area contributed by atoms with Crippen LogP contribution < -0.4 is 24.0 Å². The minimum Gasteiger partial charge on any atom is -0.543 e. The quantitative estimate of drug-likeness (QED) is 0.492. The first-order chi connectivity index (χ1) is 7.16. The Hall–Kier alpha value is -1.57. The molecule has 0 saturated heterocycles. The Morgan fingerprint density at radius 1 is 1.44 bits per heavy atom. The Bertz CT molecular complexity index is 497. The second-order valence-corrected chi connectivity index (χ2v) is 3.15. The fraction of sp³-hybridized carbons (Fsp3) is 0.100. The van der Waals surface area contributed by atoms with E-state index in [-0.39, 0.29) is 24.6 Å². The molecule has 0 spiro atoms. The third-order valence-corrected chi connectivity index (χ3v) is 1.93. The van der Waals surface area contributed by atoms with Crippen LogP contribution in [-0.4, -0.2) is 20.5 Å². The van der Waals surface area contributed by atoms with Crippen molar-refractivity contribution in [2.45, 2.75) is 6.92 Å². The Morgan fingerprint density at radius 2 is 2.19 bits per heavy atom. The molecule has 0 saturated carbocycles. The van der Waals surface area contributed by atoms with Crippen LogP contribution in [0.4, 0.5) is 0 Å². The summed E-state index contributed by atoms with van der Waals surface area (Å²) in [6.07, 6.45) is 4.85. The summed E-state index contributed by atoms with van der Waals surface area (Å²) in [7, 11) is 0. The zero-order valence-electron chi connectivity index (χ0n) is 9.04. The number of aromatic nitrogens is 3. The Morgan fingerprint density at radius 3 is 2.75 bits per heavy atom. The third kappa shape index (κ3) is 2.51. The minimum atomic E-state index is -1.28. The topological polar surface area (TPSA) is 70.8 Å². The van der Waals surface area contributed by atoms with Crippen molar-refractivity contribution in [2.75, 3.05) is 0 Å². The Labute approximate surface area is 104 Å². The van der Waals surface area contributed by atoms with Gasteiger partial charge in [0.05, 0.1) is 11.7 Å². The number of aryl methyl sites for hydroxylation is 1. The molecule has 0 bridgehead atoms. The summed E-state index contributed by atoms with van der Waals surface area (Å²) in [4.78, 5) is 18.5. The van der Waals surface area contributed by atoms with Gasteiger partial charge in [-0.3, -0.25) is 4.57 Å². The van der Waals surface area contributed by atoms with E-state index < -0.39 is 5.97 Å². The summed E-state index contributed by atoms with van der Waals surface area (Å²) >= 11 is 0. The fourth-order valence-electron chi connectivity index (χ4n) is 1.28. The number of carbonyl (C=O) groups is 1. The van der Waals surface area contributed by atoms with Crippen molar-refractivity contribution in [3.05, 3.63) is 42.1 Å². The predicted molar refractivity (Wildman–Crippen MR) is 50.4 cm³/mol. The number of hydrogen-bond donors (Lipinski definition) is 0. The number of carbonyl (C=O) groups excluding carboxylic acids is 1. The van der Waals surface area contributed by atoms with Crippen LogP contribution in [-0.2, 0) is 0 Å².